The van der Waals surface area contributed by atoms with Crippen LogP contribution < -0.4 is 0 Å². The summed E-state index contributed by atoms with van der Waals surface area (Å²) in [5, 5.41) is 18.9. The van der Waals surface area contributed by atoms with Crippen LogP contribution in [-0.2, 0) is 0 Å². The monoisotopic (exact) mass is 425 g/mol. The molecule has 1 amide bonds. The average Bonchev–Trinajstić information content (AvgIpc) is 2.85. The van der Waals surface area contributed by atoms with E-state index in [2.05, 4.69) is 31.1 Å². The Kier molecular flexibility index (Phi) is 4.62. The van der Waals surface area contributed by atoms with Crippen molar-refractivity contribution in [1.82, 2.24) is 4.98 Å². The topological polar surface area (TPSA) is 77.8 Å². The van der Waals surface area contributed by atoms with Gasteiger partial charge in [0.05, 0.1) is 16.1 Å². The second kappa shape index (κ2) is 6.55. The molecule has 0 unspecified atom stereocenters. The average molecular weight is 427 g/mol. The van der Waals surface area contributed by atoms with Crippen LogP contribution in [0, 0.1) is 6.92 Å². The van der Waals surface area contributed by atoms with Crippen LogP contribution in [-0.4, -0.2) is 16.0 Å². The molecule has 0 fully saturated rings. The molecular formula is C16H10BrCl2N3O2. The SMILES string of the molecule is Cc1ccc2[nH]c(O)c(N=NC(=O)c3ccc(Cl)cc3Cl)c2c1Br. The van der Waals surface area contributed by atoms with Crippen molar-refractivity contribution >= 4 is 61.6 Å². The van der Waals surface area contributed by atoms with Crippen LogP contribution in [0.4, 0.5) is 5.69 Å². The number of hydrogen-bond acceptors (Lipinski definition) is 3. The summed E-state index contributed by atoms with van der Waals surface area (Å²) >= 11 is 15.3. The molecule has 2 aromatic carbocycles. The highest BCUT2D eigenvalue weighted by atomic mass is 79.9. The number of aromatic amines is 1. The number of azo groups is 1. The Morgan fingerprint density at radius 2 is 2.00 bits per heavy atom. The van der Waals surface area contributed by atoms with Gasteiger partial charge < -0.3 is 10.1 Å². The molecule has 0 saturated carbocycles. The fourth-order valence-corrected chi connectivity index (χ4v) is 3.25. The molecular weight excluding hydrogens is 417 g/mol. The fourth-order valence-electron chi connectivity index (χ4n) is 2.23. The van der Waals surface area contributed by atoms with Crippen LogP contribution >= 0.6 is 39.1 Å². The number of carbonyl (C=O) groups is 1. The number of aromatic hydroxyl groups is 1. The number of H-pyrrole nitrogens is 1. The van der Waals surface area contributed by atoms with Crippen molar-refractivity contribution in [1.29, 1.82) is 0 Å². The Bertz CT molecular complexity index is 999. The maximum Gasteiger partial charge on any atom is 0.296 e. The summed E-state index contributed by atoms with van der Waals surface area (Å²) < 4.78 is 0.766. The second-order valence-electron chi connectivity index (χ2n) is 5.07. The van der Waals surface area contributed by atoms with Gasteiger partial charge in [0, 0.05) is 14.9 Å². The molecule has 0 radical (unpaired) electrons. The summed E-state index contributed by atoms with van der Waals surface area (Å²) in [6.45, 7) is 1.91. The lowest BCUT2D eigenvalue weighted by Crippen LogP contribution is -1.94. The highest BCUT2D eigenvalue weighted by Crippen LogP contribution is 2.41. The summed E-state index contributed by atoms with van der Waals surface area (Å²) in [6, 6.07) is 8.17. The number of fused-ring (bicyclic) bond motifs is 1. The Morgan fingerprint density at radius 3 is 2.71 bits per heavy atom. The van der Waals surface area contributed by atoms with E-state index >= 15 is 0 Å². The number of nitrogens with one attached hydrogen (secondary N) is 1. The van der Waals surface area contributed by atoms with Crippen LogP contribution in [0.2, 0.25) is 10.0 Å². The van der Waals surface area contributed by atoms with E-state index in [9.17, 15) is 9.90 Å². The van der Waals surface area contributed by atoms with Gasteiger partial charge in [0.2, 0.25) is 5.88 Å². The molecule has 0 aliphatic rings. The molecule has 0 saturated heterocycles. The highest BCUT2D eigenvalue weighted by Gasteiger charge is 2.16. The molecule has 122 valence electrons. The molecule has 0 aliphatic carbocycles. The third kappa shape index (κ3) is 3.05. The minimum Gasteiger partial charge on any atom is -0.493 e. The van der Waals surface area contributed by atoms with Crippen LogP contribution in [0.3, 0.4) is 0 Å². The standard InChI is InChI=1S/C16H10BrCl2N3O2/c1-7-2-5-11-12(13(7)17)14(16(24)20-11)21-22-15(23)9-4-3-8(18)6-10(9)19/h2-6,20,24H,1H3. The minimum atomic E-state index is -0.630. The third-order valence-corrected chi connectivity index (χ3v) is 5.02. The molecule has 0 spiro atoms. The van der Waals surface area contributed by atoms with Crippen molar-refractivity contribution in [3.63, 3.8) is 0 Å². The molecule has 5 nitrogen and oxygen atoms in total. The first-order chi connectivity index (χ1) is 11.4. The molecule has 3 aromatic rings. The van der Waals surface area contributed by atoms with Gasteiger partial charge in [-0.05, 0) is 52.7 Å². The van der Waals surface area contributed by atoms with Gasteiger partial charge in [-0.15, -0.1) is 10.2 Å². The number of hydrogen-bond donors (Lipinski definition) is 2. The first-order valence-electron chi connectivity index (χ1n) is 6.79. The lowest BCUT2D eigenvalue weighted by molar-refractivity contribution is 0.0995. The molecule has 8 heteroatoms. The van der Waals surface area contributed by atoms with E-state index in [-0.39, 0.29) is 22.2 Å². The maximum absolute atomic E-state index is 12.2. The largest absolute Gasteiger partial charge is 0.493 e. The summed E-state index contributed by atoms with van der Waals surface area (Å²) in [5.74, 6) is -0.802. The fraction of sp³-hybridized carbons (Fsp3) is 0.0625. The Hall–Kier alpha value is -1.89. The van der Waals surface area contributed by atoms with E-state index < -0.39 is 5.91 Å². The quantitative estimate of drug-likeness (QED) is 0.480. The Balaban J connectivity index is 2.03. The van der Waals surface area contributed by atoms with Crippen molar-refractivity contribution < 1.29 is 9.90 Å². The predicted octanol–water partition coefficient (Wildman–Crippen LogP) is 6.18. The first kappa shape index (κ1) is 17.0. The van der Waals surface area contributed by atoms with Crippen LogP contribution in [0.1, 0.15) is 15.9 Å². The normalized spacial score (nSPS) is 11.5. The van der Waals surface area contributed by atoms with Crippen molar-refractivity contribution in [2.75, 3.05) is 0 Å². The number of aromatic nitrogens is 1. The maximum atomic E-state index is 12.2. The van der Waals surface area contributed by atoms with Gasteiger partial charge >= 0.3 is 0 Å². The van der Waals surface area contributed by atoms with Gasteiger partial charge in [-0.3, -0.25) is 4.79 Å². The van der Waals surface area contributed by atoms with Gasteiger partial charge in [0.25, 0.3) is 5.91 Å². The molecule has 0 atom stereocenters. The number of carbonyl (C=O) groups excluding carboxylic acids is 1. The van der Waals surface area contributed by atoms with E-state index in [0.29, 0.717) is 15.9 Å². The Labute approximate surface area is 155 Å². The van der Waals surface area contributed by atoms with Gasteiger partial charge in [0.1, 0.15) is 0 Å². The van der Waals surface area contributed by atoms with E-state index in [1.54, 1.807) is 6.07 Å². The number of aryl methyl sites for hydroxylation is 1. The van der Waals surface area contributed by atoms with Gasteiger partial charge in [-0.2, -0.15) is 0 Å². The molecule has 2 N–H and O–H groups in total. The summed E-state index contributed by atoms with van der Waals surface area (Å²) in [4.78, 5) is 15.0. The van der Waals surface area contributed by atoms with Crippen molar-refractivity contribution in [2.24, 2.45) is 10.2 Å². The summed E-state index contributed by atoms with van der Waals surface area (Å²) in [7, 11) is 0. The summed E-state index contributed by atoms with van der Waals surface area (Å²) in [5.41, 5.74) is 2.00. The molecule has 0 aliphatic heterocycles. The molecule has 1 heterocycles. The number of amides is 1. The molecule has 0 bridgehead atoms. The zero-order valence-electron chi connectivity index (χ0n) is 12.3. The third-order valence-electron chi connectivity index (χ3n) is 3.45. The summed E-state index contributed by atoms with van der Waals surface area (Å²) in [6.07, 6.45) is 0. The lowest BCUT2D eigenvalue weighted by Gasteiger charge is -2.00. The van der Waals surface area contributed by atoms with Crippen molar-refractivity contribution in [3.05, 3.63) is 56.0 Å². The number of benzene rings is 2. The van der Waals surface area contributed by atoms with Crippen LogP contribution in [0.5, 0.6) is 5.88 Å². The lowest BCUT2D eigenvalue weighted by atomic mass is 10.1. The smallest absolute Gasteiger partial charge is 0.296 e. The first-order valence-corrected chi connectivity index (χ1v) is 8.34. The number of nitrogens with zero attached hydrogens (tertiary/aromatic N) is 2. The van der Waals surface area contributed by atoms with Crippen LogP contribution in [0.15, 0.2) is 45.0 Å². The van der Waals surface area contributed by atoms with Gasteiger partial charge in [0.15, 0.2) is 5.69 Å². The number of halogens is 3. The molecule has 1 aromatic heterocycles. The van der Waals surface area contributed by atoms with E-state index in [0.717, 1.165) is 10.0 Å². The number of rotatable bonds is 2. The molecule has 3 rings (SSSR count). The second-order valence-corrected chi connectivity index (χ2v) is 6.71. The Morgan fingerprint density at radius 1 is 1.25 bits per heavy atom. The zero-order chi connectivity index (χ0) is 17.4. The van der Waals surface area contributed by atoms with Crippen LogP contribution in [0.25, 0.3) is 10.9 Å². The van der Waals surface area contributed by atoms with E-state index in [4.69, 9.17) is 23.2 Å². The zero-order valence-corrected chi connectivity index (χ0v) is 15.4. The minimum absolute atomic E-state index is 0.171. The molecule has 24 heavy (non-hydrogen) atoms. The predicted molar refractivity (Wildman–Crippen MR) is 97.7 cm³/mol. The van der Waals surface area contributed by atoms with Crippen molar-refractivity contribution in [3.8, 4) is 5.88 Å². The van der Waals surface area contributed by atoms with Gasteiger partial charge in [-0.1, -0.05) is 29.3 Å². The van der Waals surface area contributed by atoms with E-state index in [1.165, 1.54) is 12.1 Å². The van der Waals surface area contributed by atoms with E-state index in [1.807, 2.05) is 19.1 Å². The van der Waals surface area contributed by atoms with Gasteiger partial charge in [-0.25, -0.2) is 0 Å². The van der Waals surface area contributed by atoms with Crippen molar-refractivity contribution in [2.45, 2.75) is 6.92 Å². The highest BCUT2D eigenvalue weighted by molar-refractivity contribution is 9.10.